The Hall–Kier alpha value is -4.73. The number of carboxylic acids is 1. The first-order valence-corrected chi connectivity index (χ1v) is 11.2. The molecule has 1 aliphatic rings. The second-order valence-corrected chi connectivity index (χ2v) is 8.62. The van der Waals surface area contributed by atoms with Crippen LogP contribution in [0.15, 0.2) is 33.5 Å². The number of esters is 1. The van der Waals surface area contributed by atoms with Gasteiger partial charge in [-0.05, 0) is 19.1 Å². The first-order chi connectivity index (χ1) is 18.3. The number of phenolic OH excluding ortho intramolecular Hbond substituents is 5. The first kappa shape index (κ1) is 27.3. The van der Waals surface area contributed by atoms with Crippen molar-refractivity contribution < 1.29 is 69.1 Å². The molecule has 3 aromatic rings. The van der Waals surface area contributed by atoms with Crippen LogP contribution in [0.1, 0.15) is 13.3 Å². The standard InChI is InChI=1S/C24H22O15/c1-7-21(38-15(31)6-14(29)30)19(34)20(35)24(36-7)39-23-18(33)16-10(26)4-9(25)5-13(16)37-22(23)8-2-11(27)17(32)12(28)3-8/h2-5,7,19-21,24-28,32,34-35H,6H2,1H3,(H,29,30). The first-order valence-electron chi connectivity index (χ1n) is 11.2. The lowest BCUT2D eigenvalue weighted by Crippen LogP contribution is -2.59. The number of aliphatic hydroxyl groups is 2. The van der Waals surface area contributed by atoms with Crippen LogP contribution in [0.25, 0.3) is 22.3 Å². The molecule has 0 aliphatic carbocycles. The minimum atomic E-state index is -1.98. The number of aromatic hydroxyl groups is 5. The van der Waals surface area contributed by atoms with Gasteiger partial charge in [-0.25, -0.2) is 0 Å². The summed E-state index contributed by atoms with van der Waals surface area (Å²) in [6.45, 7) is 1.30. The molecule has 0 radical (unpaired) electrons. The third-order valence-corrected chi connectivity index (χ3v) is 5.82. The molecule has 0 spiro atoms. The minimum Gasteiger partial charge on any atom is -0.508 e. The number of benzene rings is 2. The highest BCUT2D eigenvalue weighted by Gasteiger charge is 2.47. The fourth-order valence-corrected chi connectivity index (χ4v) is 4.00. The molecule has 4 rings (SSSR count). The lowest BCUT2D eigenvalue weighted by Gasteiger charge is -2.40. The summed E-state index contributed by atoms with van der Waals surface area (Å²) in [6, 6.07) is 3.61. The summed E-state index contributed by atoms with van der Waals surface area (Å²) in [5, 5.41) is 79.2. The largest absolute Gasteiger partial charge is 0.508 e. The average molecular weight is 550 g/mol. The fraction of sp³-hybridized carbons (Fsp3) is 0.292. The van der Waals surface area contributed by atoms with Crippen LogP contribution in [0, 0.1) is 0 Å². The monoisotopic (exact) mass is 550 g/mol. The van der Waals surface area contributed by atoms with Gasteiger partial charge in [0.15, 0.2) is 29.1 Å². The number of carbonyl (C=O) groups is 2. The highest BCUT2D eigenvalue weighted by Crippen LogP contribution is 2.43. The zero-order chi connectivity index (χ0) is 28.8. The van der Waals surface area contributed by atoms with E-state index in [4.69, 9.17) is 23.7 Å². The van der Waals surface area contributed by atoms with E-state index in [0.717, 1.165) is 24.3 Å². The van der Waals surface area contributed by atoms with Crippen LogP contribution in [0.3, 0.4) is 0 Å². The average Bonchev–Trinajstić information content (AvgIpc) is 2.83. The second-order valence-electron chi connectivity index (χ2n) is 8.62. The van der Waals surface area contributed by atoms with Crippen LogP contribution in [-0.2, 0) is 19.1 Å². The van der Waals surface area contributed by atoms with Gasteiger partial charge >= 0.3 is 11.9 Å². The predicted molar refractivity (Wildman–Crippen MR) is 125 cm³/mol. The summed E-state index contributed by atoms with van der Waals surface area (Å²) in [5.41, 5.74) is -1.65. The van der Waals surface area contributed by atoms with E-state index >= 15 is 0 Å². The molecule has 5 atom stereocenters. The fourth-order valence-electron chi connectivity index (χ4n) is 4.00. The van der Waals surface area contributed by atoms with Gasteiger partial charge < -0.3 is 59.5 Å². The van der Waals surface area contributed by atoms with Crippen molar-refractivity contribution in [3.05, 3.63) is 34.5 Å². The van der Waals surface area contributed by atoms with E-state index in [2.05, 4.69) is 0 Å². The van der Waals surface area contributed by atoms with E-state index < -0.39 is 100 Å². The normalized spacial score (nSPS) is 22.9. The number of hydrogen-bond acceptors (Lipinski definition) is 14. The van der Waals surface area contributed by atoms with E-state index in [1.807, 2.05) is 0 Å². The molecule has 15 heteroatoms. The second kappa shape index (κ2) is 10.2. The van der Waals surface area contributed by atoms with Crippen LogP contribution in [0.5, 0.6) is 34.5 Å². The van der Waals surface area contributed by atoms with Crippen molar-refractivity contribution in [3.63, 3.8) is 0 Å². The Morgan fingerprint density at radius 1 is 0.949 bits per heavy atom. The number of aliphatic hydroxyl groups excluding tert-OH is 2. The number of carbonyl (C=O) groups excluding carboxylic acids is 1. The summed E-state index contributed by atoms with van der Waals surface area (Å²) in [7, 11) is 0. The van der Waals surface area contributed by atoms with E-state index in [0.29, 0.717) is 0 Å². The Morgan fingerprint density at radius 3 is 2.21 bits per heavy atom. The third-order valence-electron chi connectivity index (χ3n) is 5.82. The topological polar surface area (TPSA) is 254 Å². The molecule has 2 aromatic carbocycles. The smallest absolute Gasteiger partial charge is 0.317 e. The van der Waals surface area contributed by atoms with Crippen molar-refractivity contribution >= 4 is 22.9 Å². The van der Waals surface area contributed by atoms with Gasteiger partial charge in [0.1, 0.15) is 41.1 Å². The molecule has 1 saturated heterocycles. The molecule has 5 unspecified atom stereocenters. The van der Waals surface area contributed by atoms with Gasteiger partial charge in [-0.2, -0.15) is 0 Å². The van der Waals surface area contributed by atoms with Crippen LogP contribution < -0.4 is 10.2 Å². The van der Waals surface area contributed by atoms with E-state index in [1.165, 1.54) is 6.92 Å². The zero-order valence-corrected chi connectivity index (χ0v) is 19.8. The molecule has 0 saturated carbocycles. The van der Waals surface area contributed by atoms with Crippen molar-refractivity contribution in [1.29, 1.82) is 0 Å². The lowest BCUT2D eigenvalue weighted by molar-refractivity contribution is -0.272. The number of ether oxygens (including phenoxy) is 3. The van der Waals surface area contributed by atoms with Crippen LogP contribution in [0.2, 0.25) is 0 Å². The number of fused-ring (bicyclic) bond motifs is 1. The summed E-state index contributed by atoms with van der Waals surface area (Å²) in [6.07, 6.45) is -9.42. The predicted octanol–water partition coefficient (Wildman–Crippen LogP) is 0.220. The summed E-state index contributed by atoms with van der Waals surface area (Å²) in [4.78, 5) is 35.9. The Bertz CT molecular complexity index is 1490. The number of rotatable bonds is 6. The van der Waals surface area contributed by atoms with E-state index in [-0.39, 0.29) is 11.1 Å². The molecule has 1 fully saturated rings. The van der Waals surface area contributed by atoms with Crippen molar-refractivity contribution in [2.24, 2.45) is 0 Å². The highest BCUT2D eigenvalue weighted by molar-refractivity contribution is 5.90. The Kier molecular flexibility index (Phi) is 7.14. The Balaban J connectivity index is 1.78. The molecule has 1 aromatic heterocycles. The Morgan fingerprint density at radius 2 is 1.59 bits per heavy atom. The molecule has 39 heavy (non-hydrogen) atoms. The maximum atomic E-state index is 13.4. The van der Waals surface area contributed by atoms with Gasteiger partial charge in [0.25, 0.3) is 0 Å². The van der Waals surface area contributed by atoms with Gasteiger partial charge in [-0.3, -0.25) is 14.4 Å². The lowest BCUT2D eigenvalue weighted by atomic mass is 9.99. The molecule has 0 amide bonds. The highest BCUT2D eigenvalue weighted by atomic mass is 16.7. The van der Waals surface area contributed by atoms with Gasteiger partial charge in [0.05, 0.1) is 6.10 Å². The van der Waals surface area contributed by atoms with Gasteiger partial charge in [-0.15, -0.1) is 0 Å². The quantitative estimate of drug-likeness (QED) is 0.116. The number of aliphatic carboxylic acids is 1. The summed E-state index contributed by atoms with van der Waals surface area (Å²) in [5.74, 6) is -7.68. The SMILES string of the molecule is CC1OC(Oc2c(-c3cc(O)c(O)c(O)c3)oc3cc(O)cc(O)c3c2=O)C(O)C(O)C1OC(=O)CC(=O)O. The van der Waals surface area contributed by atoms with E-state index in [9.17, 15) is 50.1 Å². The molecule has 8 N–H and O–H groups in total. The zero-order valence-electron chi connectivity index (χ0n) is 19.8. The Labute approximate surface area is 216 Å². The molecule has 208 valence electrons. The van der Waals surface area contributed by atoms with Gasteiger partial charge in [0, 0.05) is 17.7 Å². The van der Waals surface area contributed by atoms with Crippen LogP contribution in [0.4, 0.5) is 0 Å². The number of carboxylic acid groups (broad SMARTS) is 1. The van der Waals surface area contributed by atoms with Crippen molar-refractivity contribution in [2.45, 2.75) is 44.1 Å². The van der Waals surface area contributed by atoms with Gasteiger partial charge in [-0.1, -0.05) is 0 Å². The maximum Gasteiger partial charge on any atom is 0.317 e. The summed E-state index contributed by atoms with van der Waals surface area (Å²) < 4.78 is 21.6. The molecular formula is C24H22O15. The van der Waals surface area contributed by atoms with Crippen molar-refractivity contribution in [3.8, 4) is 45.8 Å². The maximum absolute atomic E-state index is 13.4. The van der Waals surface area contributed by atoms with Crippen LogP contribution >= 0.6 is 0 Å². The van der Waals surface area contributed by atoms with Gasteiger partial charge in [0.2, 0.25) is 17.5 Å². The molecule has 1 aliphatic heterocycles. The summed E-state index contributed by atoms with van der Waals surface area (Å²) >= 11 is 0. The molecule has 15 nitrogen and oxygen atoms in total. The molecule has 0 bridgehead atoms. The third kappa shape index (κ3) is 5.18. The van der Waals surface area contributed by atoms with Crippen LogP contribution in [-0.4, -0.2) is 83.5 Å². The minimum absolute atomic E-state index is 0.237. The number of hydrogen-bond donors (Lipinski definition) is 8. The molecular weight excluding hydrogens is 528 g/mol. The van der Waals surface area contributed by atoms with Crippen molar-refractivity contribution in [2.75, 3.05) is 0 Å². The van der Waals surface area contributed by atoms with Crippen molar-refractivity contribution in [1.82, 2.24) is 0 Å². The number of phenols is 5. The molecule has 2 heterocycles. The van der Waals surface area contributed by atoms with E-state index in [1.54, 1.807) is 0 Å².